The molecule has 3 heteroatoms. The molecule has 3 nitrogen and oxygen atoms in total. The van der Waals surface area contributed by atoms with Gasteiger partial charge in [-0.2, -0.15) is 0 Å². The van der Waals surface area contributed by atoms with Crippen molar-refractivity contribution < 1.29 is 4.79 Å². The lowest BCUT2D eigenvalue weighted by Gasteiger charge is -2.26. The van der Waals surface area contributed by atoms with Crippen molar-refractivity contribution in [2.24, 2.45) is 5.92 Å². The summed E-state index contributed by atoms with van der Waals surface area (Å²) in [6.07, 6.45) is 0.995. The molecular weight excluding hydrogens is 200 g/mol. The molecule has 1 aromatic rings. The minimum atomic E-state index is 0.0139. The van der Waals surface area contributed by atoms with E-state index in [0.29, 0.717) is 6.04 Å². The summed E-state index contributed by atoms with van der Waals surface area (Å²) in [5.41, 5.74) is 5.41. The molecule has 1 amide bonds. The second kappa shape index (κ2) is 4.16. The molecule has 0 radical (unpaired) electrons. The molecule has 1 heterocycles. The van der Waals surface area contributed by atoms with Gasteiger partial charge in [0, 0.05) is 5.92 Å². The largest absolute Gasteiger partial charge is 0.282 e. The molecule has 0 aliphatic carbocycles. The summed E-state index contributed by atoms with van der Waals surface area (Å²) >= 11 is 0. The first-order valence-electron chi connectivity index (χ1n) is 5.77. The van der Waals surface area contributed by atoms with Gasteiger partial charge in [0.05, 0.1) is 11.7 Å². The highest BCUT2D eigenvalue weighted by molar-refractivity contribution is 5.80. The van der Waals surface area contributed by atoms with E-state index >= 15 is 0 Å². The molecule has 0 saturated heterocycles. The van der Waals surface area contributed by atoms with E-state index in [2.05, 4.69) is 24.5 Å². The minimum Gasteiger partial charge on any atom is -0.282 e. The van der Waals surface area contributed by atoms with Gasteiger partial charge in [0.1, 0.15) is 0 Å². The normalized spacial score (nSPS) is 18.8. The SMILES string of the molecule is CC(C)C(=O)NN1c2ccccc2CC1C. The lowest BCUT2D eigenvalue weighted by Crippen LogP contribution is -2.47. The summed E-state index contributed by atoms with van der Waals surface area (Å²) in [6.45, 7) is 5.94. The van der Waals surface area contributed by atoms with Crippen LogP contribution in [-0.2, 0) is 11.2 Å². The number of fused-ring (bicyclic) bond motifs is 1. The number of carbonyl (C=O) groups is 1. The number of amides is 1. The first-order chi connectivity index (χ1) is 7.59. The van der Waals surface area contributed by atoms with Gasteiger partial charge in [-0.1, -0.05) is 32.0 Å². The maximum atomic E-state index is 11.7. The van der Waals surface area contributed by atoms with Crippen LogP contribution in [0.1, 0.15) is 26.3 Å². The summed E-state index contributed by atoms with van der Waals surface area (Å²) in [5, 5.41) is 1.98. The number of para-hydroxylation sites is 1. The standard InChI is InChI=1S/C13H18N2O/c1-9(2)13(16)14-15-10(3)8-11-6-4-5-7-12(11)15/h4-7,9-10H,8H2,1-3H3,(H,14,16). The third-order valence-corrected chi connectivity index (χ3v) is 2.96. The monoisotopic (exact) mass is 218 g/mol. The molecule has 0 saturated carbocycles. The quantitative estimate of drug-likeness (QED) is 0.824. The summed E-state index contributed by atoms with van der Waals surface area (Å²) in [7, 11) is 0. The second-order valence-electron chi connectivity index (χ2n) is 4.68. The lowest BCUT2D eigenvalue weighted by molar-refractivity contribution is -0.124. The number of benzene rings is 1. The molecule has 2 rings (SSSR count). The molecule has 16 heavy (non-hydrogen) atoms. The lowest BCUT2D eigenvalue weighted by atomic mass is 10.1. The number of nitrogens with zero attached hydrogens (tertiary/aromatic N) is 1. The Kier molecular flexibility index (Phi) is 2.86. The van der Waals surface area contributed by atoms with E-state index in [9.17, 15) is 4.79 Å². The maximum absolute atomic E-state index is 11.7. The van der Waals surface area contributed by atoms with E-state index in [1.807, 2.05) is 31.0 Å². The van der Waals surface area contributed by atoms with Crippen molar-refractivity contribution in [1.29, 1.82) is 0 Å². The molecule has 1 atom stereocenters. The van der Waals surface area contributed by atoms with Crippen molar-refractivity contribution in [3.63, 3.8) is 0 Å². The summed E-state index contributed by atoms with van der Waals surface area (Å²) in [4.78, 5) is 11.7. The molecule has 0 aromatic heterocycles. The van der Waals surface area contributed by atoms with E-state index in [1.54, 1.807) is 0 Å². The van der Waals surface area contributed by atoms with Crippen molar-refractivity contribution in [1.82, 2.24) is 5.43 Å². The molecular formula is C13H18N2O. The Balaban J connectivity index is 2.19. The van der Waals surface area contributed by atoms with Crippen LogP contribution in [0.15, 0.2) is 24.3 Å². The van der Waals surface area contributed by atoms with Gasteiger partial charge in [0.25, 0.3) is 0 Å². The first kappa shape index (κ1) is 11.0. The fourth-order valence-electron chi connectivity index (χ4n) is 1.98. The smallest absolute Gasteiger partial charge is 0.241 e. The molecule has 0 bridgehead atoms. The first-order valence-corrected chi connectivity index (χ1v) is 5.77. The molecule has 1 N–H and O–H groups in total. The number of hydrogen-bond acceptors (Lipinski definition) is 2. The van der Waals surface area contributed by atoms with Crippen LogP contribution < -0.4 is 10.4 Å². The molecule has 1 aliphatic rings. The Labute approximate surface area is 96.4 Å². The zero-order valence-electron chi connectivity index (χ0n) is 10.0. The predicted molar refractivity (Wildman–Crippen MR) is 65.1 cm³/mol. The van der Waals surface area contributed by atoms with Crippen LogP contribution in [0.25, 0.3) is 0 Å². The minimum absolute atomic E-state index is 0.0139. The Bertz CT molecular complexity index is 401. The van der Waals surface area contributed by atoms with Crippen LogP contribution in [0, 0.1) is 5.92 Å². The van der Waals surface area contributed by atoms with Gasteiger partial charge >= 0.3 is 0 Å². The van der Waals surface area contributed by atoms with Crippen molar-refractivity contribution in [3.05, 3.63) is 29.8 Å². The number of nitrogens with one attached hydrogen (secondary N) is 1. The molecule has 0 fully saturated rings. The van der Waals surface area contributed by atoms with E-state index in [4.69, 9.17) is 0 Å². The Morgan fingerprint density at radius 2 is 2.12 bits per heavy atom. The van der Waals surface area contributed by atoms with Crippen LogP contribution in [0.5, 0.6) is 0 Å². The third kappa shape index (κ3) is 1.90. The zero-order chi connectivity index (χ0) is 11.7. The predicted octanol–water partition coefficient (Wildman–Crippen LogP) is 2.12. The second-order valence-corrected chi connectivity index (χ2v) is 4.68. The van der Waals surface area contributed by atoms with E-state index in [1.165, 1.54) is 5.56 Å². The molecule has 0 spiro atoms. The molecule has 1 unspecified atom stereocenters. The van der Waals surface area contributed by atoms with Crippen molar-refractivity contribution in [2.45, 2.75) is 33.2 Å². The van der Waals surface area contributed by atoms with Gasteiger partial charge in [-0.3, -0.25) is 15.2 Å². The highest BCUT2D eigenvalue weighted by Crippen LogP contribution is 2.29. The number of hydrogen-bond donors (Lipinski definition) is 1. The van der Waals surface area contributed by atoms with Gasteiger partial charge in [-0.15, -0.1) is 0 Å². The fraction of sp³-hybridized carbons (Fsp3) is 0.462. The van der Waals surface area contributed by atoms with Crippen LogP contribution in [-0.4, -0.2) is 11.9 Å². The summed E-state index contributed by atoms with van der Waals surface area (Å²) < 4.78 is 0. The highest BCUT2D eigenvalue weighted by atomic mass is 16.2. The van der Waals surface area contributed by atoms with Gasteiger partial charge < -0.3 is 0 Å². The fourth-order valence-corrected chi connectivity index (χ4v) is 1.98. The number of anilines is 1. The Morgan fingerprint density at radius 1 is 1.44 bits per heavy atom. The van der Waals surface area contributed by atoms with Crippen LogP contribution in [0.3, 0.4) is 0 Å². The van der Waals surface area contributed by atoms with E-state index < -0.39 is 0 Å². The van der Waals surface area contributed by atoms with Gasteiger partial charge in [0.15, 0.2) is 0 Å². The molecule has 1 aromatic carbocycles. The maximum Gasteiger partial charge on any atom is 0.241 e. The van der Waals surface area contributed by atoms with Crippen LogP contribution in [0.2, 0.25) is 0 Å². The van der Waals surface area contributed by atoms with Gasteiger partial charge in [-0.25, -0.2) is 0 Å². The van der Waals surface area contributed by atoms with Gasteiger partial charge in [0.2, 0.25) is 5.91 Å². The number of carbonyl (C=O) groups excluding carboxylic acids is 1. The summed E-state index contributed by atoms with van der Waals surface area (Å²) in [5.74, 6) is 0.0866. The van der Waals surface area contributed by atoms with E-state index in [0.717, 1.165) is 12.1 Å². The van der Waals surface area contributed by atoms with E-state index in [-0.39, 0.29) is 11.8 Å². The van der Waals surface area contributed by atoms with Crippen molar-refractivity contribution >= 4 is 11.6 Å². The Hall–Kier alpha value is -1.51. The number of hydrazine groups is 1. The Morgan fingerprint density at radius 3 is 2.81 bits per heavy atom. The number of rotatable bonds is 2. The van der Waals surface area contributed by atoms with Crippen LogP contribution >= 0.6 is 0 Å². The van der Waals surface area contributed by atoms with Gasteiger partial charge in [-0.05, 0) is 25.0 Å². The third-order valence-electron chi connectivity index (χ3n) is 2.96. The topological polar surface area (TPSA) is 32.3 Å². The zero-order valence-corrected chi connectivity index (χ0v) is 10.0. The average molecular weight is 218 g/mol. The highest BCUT2D eigenvalue weighted by Gasteiger charge is 2.27. The summed E-state index contributed by atoms with van der Waals surface area (Å²) in [6, 6.07) is 8.55. The molecule has 86 valence electrons. The molecule has 1 aliphatic heterocycles. The van der Waals surface area contributed by atoms with Crippen molar-refractivity contribution in [3.8, 4) is 0 Å². The average Bonchev–Trinajstić information content (AvgIpc) is 2.55. The van der Waals surface area contributed by atoms with Crippen LogP contribution in [0.4, 0.5) is 5.69 Å². The van der Waals surface area contributed by atoms with Crippen molar-refractivity contribution in [2.75, 3.05) is 5.01 Å².